The van der Waals surface area contributed by atoms with E-state index in [1.165, 1.54) is 6.07 Å². The number of Topliss-reactive ketones (excluding diaryl/α,β-unsaturated/α-hetero) is 1. The SMILES string of the molecule is CC(C)CC(C#N)C(=O)c1cc(Cl)ccc1Cl. The quantitative estimate of drug-likeness (QED) is 0.762. The lowest BCUT2D eigenvalue weighted by Crippen LogP contribution is -2.15. The largest absolute Gasteiger partial charge is 0.293 e. The molecule has 0 aromatic heterocycles. The van der Waals surface area contributed by atoms with Crippen molar-refractivity contribution in [1.82, 2.24) is 0 Å². The minimum absolute atomic E-state index is 0.256. The number of hydrogen-bond acceptors (Lipinski definition) is 2. The first-order valence-corrected chi connectivity index (χ1v) is 6.10. The van der Waals surface area contributed by atoms with Crippen molar-refractivity contribution in [1.29, 1.82) is 5.26 Å². The maximum atomic E-state index is 12.1. The highest BCUT2D eigenvalue weighted by Crippen LogP contribution is 2.25. The molecule has 0 heterocycles. The monoisotopic (exact) mass is 269 g/mol. The fourth-order valence-electron chi connectivity index (χ4n) is 1.56. The van der Waals surface area contributed by atoms with E-state index >= 15 is 0 Å². The van der Waals surface area contributed by atoms with Crippen molar-refractivity contribution in [2.24, 2.45) is 11.8 Å². The molecule has 0 aliphatic heterocycles. The van der Waals surface area contributed by atoms with E-state index in [2.05, 4.69) is 0 Å². The third kappa shape index (κ3) is 3.73. The average molecular weight is 270 g/mol. The maximum Gasteiger partial charge on any atom is 0.181 e. The molecule has 0 saturated carbocycles. The molecule has 0 bridgehead atoms. The molecule has 1 atom stereocenters. The molecular formula is C13H13Cl2NO. The molecule has 0 fully saturated rings. The predicted octanol–water partition coefficient (Wildman–Crippen LogP) is 4.36. The molecule has 0 N–H and O–H groups in total. The van der Waals surface area contributed by atoms with Crippen LogP contribution in [0.2, 0.25) is 10.0 Å². The standard InChI is InChI=1S/C13H13Cl2NO/c1-8(2)5-9(7-16)13(17)11-6-10(14)3-4-12(11)15/h3-4,6,8-9H,5H2,1-2H3. The van der Waals surface area contributed by atoms with E-state index in [1.807, 2.05) is 19.9 Å². The summed E-state index contributed by atoms with van der Waals surface area (Å²) in [5, 5.41) is 9.80. The van der Waals surface area contributed by atoms with Crippen molar-refractivity contribution in [3.63, 3.8) is 0 Å². The van der Waals surface area contributed by atoms with Crippen molar-refractivity contribution in [2.45, 2.75) is 20.3 Å². The van der Waals surface area contributed by atoms with Gasteiger partial charge in [-0.25, -0.2) is 0 Å². The minimum Gasteiger partial charge on any atom is -0.293 e. The molecule has 4 heteroatoms. The van der Waals surface area contributed by atoms with Gasteiger partial charge in [0.15, 0.2) is 5.78 Å². The fraction of sp³-hybridized carbons (Fsp3) is 0.385. The second-order valence-electron chi connectivity index (χ2n) is 4.30. The topological polar surface area (TPSA) is 40.9 Å². The lowest BCUT2D eigenvalue weighted by atomic mass is 9.91. The van der Waals surface area contributed by atoms with Crippen molar-refractivity contribution < 1.29 is 4.79 Å². The summed E-state index contributed by atoms with van der Waals surface area (Å²) in [4.78, 5) is 12.1. The molecule has 90 valence electrons. The zero-order valence-electron chi connectivity index (χ0n) is 9.71. The number of halogens is 2. The smallest absolute Gasteiger partial charge is 0.181 e. The Labute approximate surface area is 111 Å². The maximum absolute atomic E-state index is 12.1. The molecule has 0 saturated heterocycles. The van der Waals surface area contributed by atoms with Crippen molar-refractivity contribution in [2.75, 3.05) is 0 Å². The van der Waals surface area contributed by atoms with Gasteiger partial charge in [0.25, 0.3) is 0 Å². The first kappa shape index (κ1) is 14.0. The Kier molecular flexibility index (Phi) is 4.99. The van der Waals surface area contributed by atoms with E-state index in [1.54, 1.807) is 12.1 Å². The van der Waals surface area contributed by atoms with Crippen LogP contribution in [0.15, 0.2) is 18.2 Å². The van der Waals surface area contributed by atoms with Crippen LogP contribution in [0.4, 0.5) is 0 Å². The Morgan fingerprint density at radius 1 is 1.41 bits per heavy atom. The lowest BCUT2D eigenvalue weighted by Gasteiger charge is -2.11. The van der Waals surface area contributed by atoms with E-state index in [-0.39, 0.29) is 11.7 Å². The van der Waals surface area contributed by atoms with E-state index in [9.17, 15) is 4.79 Å². The highest BCUT2D eigenvalue weighted by atomic mass is 35.5. The first-order chi connectivity index (χ1) is 7.95. The molecule has 2 nitrogen and oxygen atoms in total. The second kappa shape index (κ2) is 6.05. The molecule has 0 amide bonds. The van der Waals surface area contributed by atoms with Gasteiger partial charge in [-0.05, 0) is 30.5 Å². The number of carbonyl (C=O) groups is 1. The molecule has 1 aromatic rings. The normalized spacial score (nSPS) is 12.2. The van der Waals surface area contributed by atoms with Crippen LogP contribution >= 0.6 is 23.2 Å². The summed E-state index contributed by atoms with van der Waals surface area (Å²) in [7, 11) is 0. The van der Waals surface area contributed by atoms with Gasteiger partial charge in [0.1, 0.15) is 5.92 Å². The molecule has 0 radical (unpaired) electrons. The highest BCUT2D eigenvalue weighted by Gasteiger charge is 2.22. The number of rotatable bonds is 4. The summed E-state index contributed by atoms with van der Waals surface area (Å²) in [5.74, 6) is -0.638. The molecular weight excluding hydrogens is 257 g/mol. The lowest BCUT2D eigenvalue weighted by molar-refractivity contribution is 0.0937. The van der Waals surface area contributed by atoms with Crippen LogP contribution in [0.3, 0.4) is 0 Å². The molecule has 0 aliphatic rings. The zero-order chi connectivity index (χ0) is 13.0. The number of carbonyl (C=O) groups excluding carboxylic acids is 1. The van der Waals surface area contributed by atoms with Crippen LogP contribution in [0, 0.1) is 23.2 Å². The van der Waals surface area contributed by atoms with Crippen molar-refractivity contribution in [3.05, 3.63) is 33.8 Å². The van der Waals surface area contributed by atoms with Gasteiger partial charge in [-0.1, -0.05) is 37.0 Å². The minimum atomic E-state index is -0.661. The molecule has 0 aliphatic carbocycles. The summed E-state index contributed by atoms with van der Waals surface area (Å²) in [6.07, 6.45) is 0.526. The number of nitrogens with zero attached hydrogens (tertiary/aromatic N) is 1. The summed E-state index contributed by atoms with van der Waals surface area (Å²) in [6, 6.07) is 6.72. The second-order valence-corrected chi connectivity index (χ2v) is 5.14. The summed E-state index contributed by atoms with van der Waals surface area (Å²) >= 11 is 11.8. The number of hydrogen-bond donors (Lipinski definition) is 0. The zero-order valence-corrected chi connectivity index (χ0v) is 11.2. The third-order valence-electron chi connectivity index (χ3n) is 2.37. The van der Waals surface area contributed by atoms with Crippen molar-refractivity contribution in [3.8, 4) is 6.07 Å². The first-order valence-electron chi connectivity index (χ1n) is 5.34. The van der Waals surface area contributed by atoms with Crippen LogP contribution in [0.5, 0.6) is 0 Å². The molecule has 1 aromatic carbocycles. The Balaban J connectivity index is 3.02. The van der Waals surface area contributed by atoms with Gasteiger partial charge in [0, 0.05) is 10.6 Å². The van der Waals surface area contributed by atoms with Crippen LogP contribution in [-0.4, -0.2) is 5.78 Å². The highest BCUT2D eigenvalue weighted by molar-refractivity contribution is 6.36. The van der Waals surface area contributed by atoms with E-state index in [0.29, 0.717) is 22.0 Å². The predicted molar refractivity (Wildman–Crippen MR) is 69.4 cm³/mol. The van der Waals surface area contributed by atoms with Gasteiger partial charge >= 0.3 is 0 Å². The van der Waals surface area contributed by atoms with Crippen LogP contribution in [-0.2, 0) is 0 Å². The van der Waals surface area contributed by atoms with Crippen LogP contribution in [0.1, 0.15) is 30.6 Å². The Morgan fingerprint density at radius 2 is 2.06 bits per heavy atom. The molecule has 0 spiro atoms. The third-order valence-corrected chi connectivity index (χ3v) is 2.94. The average Bonchev–Trinajstić information content (AvgIpc) is 2.28. The Hall–Kier alpha value is -1.04. The van der Waals surface area contributed by atoms with Gasteiger partial charge in [-0.2, -0.15) is 5.26 Å². The van der Waals surface area contributed by atoms with Crippen LogP contribution in [0.25, 0.3) is 0 Å². The number of benzene rings is 1. The Morgan fingerprint density at radius 3 is 2.59 bits per heavy atom. The summed E-state index contributed by atoms with van der Waals surface area (Å²) in [5.41, 5.74) is 0.325. The van der Waals surface area contributed by atoms with E-state index in [0.717, 1.165) is 0 Å². The number of ketones is 1. The van der Waals surface area contributed by atoms with Gasteiger partial charge in [-0.3, -0.25) is 4.79 Å². The molecule has 17 heavy (non-hydrogen) atoms. The summed E-state index contributed by atoms with van der Waals surface area (Å²) < 4.78 is 0. The molecule has 1 unspecified atom stereocenters. The van der Waals surface area contributed by atoms with Gasteiger partial charge < -0.3 is 0 Å². The van der Waals surface area contributed by atoms with Gasteiger partial charge in [0.05, 0.1) is 11.1 Å². The van der Waals surface area contributed by atoms with Crippen LogP contribution < -0.4 is 0 Å². The fourth-order valence-corrected chi connectivity index (χ4v) is 1.95. The summed E-state index contributed by atoms with van der Waals surface area (Å²) in [6.45, 7) is 3.94. The van der Waals surface area contributed by atoms with E-state index in [4.69, 9.17) is 28.5 Å². The van der Waals surface area contributed by atoms with Gasteiger partial charge in [0.2, 0.25) is 0 Å². The van der Waals surface area contributed by atoms with E-state index < -0.39 is 5.92 Å². The van der Waals surface area contributed by atoms with Crippen molar-refractivity contribution >= 4 is 29.0 Å². The number of nitriles is 1. The van der Waals surface area contributed by atoms with Gasteiger partial charge in [-0.15, -0.1) is 0 Å². The molecule has 1 rings (SSSR count). The Bertz CT molecular complexity index is 463.